The van der Waals surface area contributed by atoms with Gasteiger partial charge in [0, 0.05) is 5.56 Å². The molecule has 0 bridgehead atoms. The zero-order chi connectivity index (χ0) is 37.3. The van der Waals surface area contributed by atoms with Gasteiger partial charge in [0.05, 0.1) is 11.6 Å². The standard InChI is InChI=1S/C45H55F2NO2Si/c1-31(2)51(32(3)4,33(5)6)50-44-41(46)27-38(28-42(44)47)26-35(17-14-34-15-18-36(29-48)19-16-34)20-23-39-12-10-11-13-43(39)49-30-37-21-24-40(25-22-37)45(7,8)9/h10-13,15-16,18-25,27-28,31-33,35H,14,17,26,30H2,1-9H3. The highest BCUT2D eigenvalue weighted by Crippen LogP contribution is 2.44. The molecule has 0 spiro atoms. The van der Waals surface area contributed by atoms with Gasteiger partial charge < -0.3 is 9.16 Å². The maximum absolute atomic E-state index is 15.8. The summed E-state index contributed by atoms with van der Waals surface area (Å²) < 4.78 is 44.4. The van der Waals surface area contributed by atoms with Gasteiger partial charge in [0.2, 0.25) is 0 Å². The van der Waals surface area contributed by atoms with E-state index in [1.54, 1.807) is 0 Å². The van der Waals surface area contributed by atoms with Gasteiger partial charge >= 0.3 is 0 Å². The Morgan fingerprint density at radius 2 is 1.33 bits per heavy atom. The van der Waals surface area contributed by atoms with Crippen LogP contribution in [0.15, 0.2) is 91.0 Å². The fourth-order valence-corrected chi connectivity index (χ4v) is 12.5. The lowest BCUT2D eigenvalue weighted by molar-refractivity contribution is 0.305. The number of halogens is 2. The highest BCUT2D eigenvalue weighted by molar-refractivity contribution is 6.78. The van der Waals surface area contributed by atoms with Crippen LogP contribution in [0.1, 0.15) is 102 Å². The molecule has 0 fully saturated rings. The molecule has 6 heteroatoms. The third-order valence-corrected chi connectivity index (χ3v) is 16.1. The van der Waals surface area contributed by atoms with Crippen LogP contribution in [0.4, 0.5) is 8.78 Å². The normalized spacial score (nSPS) is 12.9. The van der Waals surface area contributed by atoms with E-state index in [1.807, 2.05) is 48.5 Å². The van der Waals surface area contributed by atoms with Crippen molar-refractivity contribution in [2.45, 2.75) is 110 Å². The monoisotopic (exact) mass is 707 g/mol. The van der Waals surface area contributed by atoms with Crippen LogP contribution >= 0.6 is 0 Å². The maximum Gasteiger partial charge on any atom is 0.259 e. The SMILES string of the molecule is CC(C)[Si](Oc1c(F)cc(CC(C=Cc2ccccc2OCc2ccc(C(C)(C)C)cc2)CCc2ccc(C#N)cc2)cc1F)(C(C)C)C(C)C. The Hall–Kier alpha value is -4.21. The highest BCUT2D eigenvalue weighted by Gasteiger charge is 2.48. The van der Waals surface area contributed by atoms with Gasteiger partial charge in [0.15, 0.2) is 17.4 Å². The van der Waals surface area contributed by atoms with Crippen LogP contribution in [0.25, 0.3) is 6.08 Å². The summed E-state index contributed by atoms with van der Waals surface area (Å²) in [5.74, 6) is -0.794. The average molecular weight is 708 g/mol. The Morgan fingerprint density at radius 1 is 0.765 bits per heavy atom. The van der Waals surface area contributed by atoms with Gasteiger partial charge in [-0.15, -0.1) is 0 Å². The first-order chi connectivity index (χ1) is 24.1. The summed E-state index contributed by atoms with van der Waals surface area (Å²) in [6.07, 6.45) is 6.13. The lowest BCUT2D eigenvalue weighted by Gasteiger charge is -2.42. The van der Waals surface area contributed by atoms with E-state index >= 15 is 8.78 Å². The van der Waals surface area contributed by atoms with Gasteiger partial charge in [-0.3, -0.25) is 0 Å². The van der Waals surface area contributed by atoms with Crippen LogP contribution in [0, 0.1) is 28.9 Å². The minimum Gasteiger partial charge on any atom is -0.539 e. The molecule has 0 aliphatic heterocycles. The fraction of sp³-hybridized carbons (Fsp3) is 0.400. The molecule has 51 heavy (non-hydrogen) atoms. The molecule has 4 aromatic rings. The van der Waals surface area contributed by atoms with Gasteiger partial charge in [-0.2, -0.15) is 5.26 Å². The van der Waals surface area contributed by atoms with E-state index in [0.717, 1.165) is 35.3 Å². The van der Waals surface area contributed by atoms with Crippen LogP contribution in [0.2, 0.25) is 16.6 Å². The largest absolute Gasteiger partial charge is 0.539 e. The van der Waals surface area contributed by atoms with Crippen molar-refractivity contribution in [3.63, 3.8) is 0 Å². The van der Waals surface area contributed by atoms with Crippen molar-refractivity contribution < 1.29 is 17.9 Å². The Bertz CT molecular complexity index is 1750. The Labute approximate surface area is 306 Å². The van der Waals surface area contributed by atoms with Crippen molar-refractivity contribution in [1.82, 2.24) is 0 Å². The second-order valence-electron chi connectivity index (χ2n) is 15.8. The second-order valence-corrected chi connectivity index (χ2v) is 21.1. The summed E-state index contributed by atoms with van der Waals surface area (Å²) in [4.78, 5) is 0. The van der Waals surface area contributed by atoms with E-state index in [4.69, 9.17) is 9.16 Å². The molecule has 1 unspecified atom stereocenters. The van der Waals surface area contributed by atoms with Crippen molar-refractivity contribution in [2.24, 2.45) is 5.92 Å². The molecule has 0 heterocycles. The maximum atomic E-state index is 15.8. The predicted molar refractivity (Wildman–Crippen MR) is 210 cm³/mol. The van der Waals surface area contributed by atoms with Gasteiger partial charge in [-0.25, -0.2) is 8.78 Å². The molecule has 270 valence electrons. The van der Waals surface area contributed by atoms with Gasteiger partial charge in [-0.05, 0) is 99.8 Å². The Kier molecular flexibility index (Phi) is 13.5. The third-order valence-electron chi connectivity index (χ3n) is 10.1. The number of nitriles is 1. The zero-order valence-corrected chi connectivity index (χ0v) is 32.9. The molecule has 3 nitrogen and oxygen atoms in total. The van der Waals surface area contributed by atoms with Gasteiger partial charge in [-0.1, -0.05) is 129 Å². The summed E-state index contributed by atoms with van der Waals surface area (Å²) >= 11 is 0. The topological polar surface area (TPSA) is 42.2 Å². The van der Waals surface area contributed by atoms with Crippen molar-refractivity contribution in [3.05, 3.63) is 136 Å². The number of allylic oxidation sites excluding steroid dienone is 1. The molecule has 1 atom stereocenters. The number of hydrogen-bond acceptors (Lipinski definition) is 3. The van der Waals surface area contributed by atoms with Crippen LogP contribution in [-0.2, 0) is 24.9 Å². The first-order valence-electron chi connectivity index (χ1n) is 18.3. The molecule has 4 rings (SSSR count). The van der Waals surface area contributed by atoms with Crippen LogP contribution < -0.4 is 9.16 Å². The number of aryl methyl sites for hydroxylation is 1. The summed E-state index contributed by atoms with van der Waals surface area (Å²) in [6.45, 7) is 19.7. The smallest absolute Gasteiger partial charge is 0.259 e. The molecular formula is C45H55F2NO2Si. The van der Waals surface area contributed by atoms with Crippen LogP contribution in [-0.4, -0.2) is 8.32 Å². The van der Waals surface area contributed by atoms with Gasteiger partial charge in [0.25, 0.3) is 8.32 Å². The average Bonchev–Trinajstić information content (AvgIpc) is 3.08. The summed E-state index contributed by atoms with van der Waals surface area (Å²) in [7, 11) is -2.56. The number of para-hydroxylation sites is 1. The van der Waals surface area contributed by atoms with E-state index in [1.165, 1.54) is 17.7 Å². The highest BCUT2D eigenvalue weighted by atomic mass is 28.4. The second kappa shape index (κ2) is 17.3. The first-order valence-corrected chi connectivity index (χ1v) is 20.4. The number of ether oxygens (including phenoxy) is 1. The van der Waals surface area contributed by atoms with E-state index in [9.17, 15) is 5.26 Å². The lowest BCUT2D eigenvalue weighted by atomic mass is 9.87. The van der Waals surface area contributed by atoms with E-state index in [-0.39, 0.29) is 33.7 Å². The van der Waals surface area contributed by atoms with Gasteiger partial charge in [0.1, 0.15) is 12.4 Å². The molecule has 0 saturated carbocycles. The van der Waals surface area contributed by atoms with Crippen LogP contribution in [0.5, 0.6) is 11.5 Å². The first kappa shape index (κ1) is 39.6. The van der Waals surface area contributed by atoms with Crippen molar-refractivity contribution in [1.29, 1.82) is 5.26 Å². The summed E-state index contributed by atoms with van der Waals surface area (Å²) in [5.41, 5.74) is 6.26. The van der Waals surface area contributed by atoms with Crippen LogP contribution in [0.3, 0.4) is 0 Å². The number of hydrogen-bond donors (Lipinski definition) is 0. The van der Waals surface area contributed by atoms with E-state index in [2.05, 4.69) is 105 Å². The van der Waals surface area contributed by atoms with E-state index < -0.39 is 20.0 Å². The summed E-state index contributed by atoms with van der Waals surface area (Å²) in [6, 6.07) is 29.1. The molecule has 0 amide bonds. The summed E-state index contributed by atoms with van der Waals surface area (Å²) in [5, 5.41) is 9.22. The Balaban J connectivity index is 1.59. The van der Waals surface area contributed by atoms with E-state index in [0.29, 0.717) is 24.2 Å². The molecule has 0 aromatic heterocycles. The third kappa shape index (κ3) is 10.2. The molecule has 0 aliphatic rings. The molecule has 0 saturated heterocycles. The predicted octanol–water partition coefficient (Wildman–Crippen LogP) is 12.8. The lowest BCUT2D eigenvalue weighted by Crippen LogP contribution is -2.51. The molecular weight excluding hydrogens is 653 g/mol. The minimum absolute atomic E-state index is 0.0281. The Morgan fingerprint density at radius 3 is 1.88 bits per heavy atom. The van der Waals surface area contributed by atoms with Crippen molar-refractivity contribution >= 4 is 14.4 Å². The molecule has 0 aliphatic carbocycles. The number of rotatable bonds is 15. The molecule has 0 radical (unpaired) electrons. The quantitative estimate of drug-likeness (QED) is 0.116. The number of nitrogens with zero attached hydrogens (tertiary/aromatic N) is 1. The number of benzene rings is 4. The molecule has 0 N–H and O–H groups in total. The zero-order valence-electron chi connectivity index (χ0n) is 31.9. The minimum atomic E-state index is -2.56. The van der Waals surface area contributed by atoms with Crippen molar-refractivity contribution in [3.8, 4) is 17.6 Å². The van der Waals surface area contributed by atoms with Crippen molar-refractivity contribution in [2.75, 3.05) is 0 Å². The fourth-order valence-electron chi connectivity index (χ4n) is 7.28. The molecule has 4 aromatic carbocycles.